The van der Waals surface area contributed by atoms with Crippen LogP contribution < -0.4 is 20.3 Å². The summed E-state index contributed by atoms with van der Waals surface area (Å²) in [7, 11) is 5.71. The number of nitrogens with one attached hydrogen (secondary N) is 2. The standard InChI is InChI=1S/C22H33N5O/c1-16-13-18(7-10-20(16)28-4)15-23-14-17-5-8-19(9-6-17)25-22-24-12-11-21(26-22)27(2)3/h7,10-13,17,19,23H,5-6,8-9,14-15H2,1-4H3,(H,24,25,26)/t17-,19+. The number of hydrogen-bond donors (Lipinski definition) is 2. The predicted molar refractivity (Wildman–Crippen MR) is 115 cm³/mol. The molecule has 1 heterocycles. The first-order chi connectivity index (χ1) is 13.5. The molecule has 0 unspecified atom stereocenters. The van der Waals surface area contributed by atoms with E-state index in [1.54, 1.807) is 7.11 Å². The first-order valence-corrected chi connectivity index (χ1v) is 10.2. The van der Waals surface area contributed by atoms with E-state index in [0.29, 0.717) is 6.04 Å². The average Bonchev–Trinajstić information content (AvgIpc) is 2.70. The summed E-state index contributed by atoms with van der Waals surface area (Å²) in [5.74, 6) is 3.37. The molecule has 6 heteroatoms. The molecule has 0 spiro atoms. The van der Waals surface area contributed by atoms with E-state index in [2.05, 4.69) is 45.7 Å². The number of aromatic nitrogens is 2. The maximum atomic E-state index is 5.33. The predicted octanol–water partition coefficient (Wildman–Crippen LogP) is 3.62. The van der Waals surface area contributed by atoms with Crippen LogP contribution in [0.1, 0.15) is 36.8 Å². The molecule has 0 saturated heterocycles. The fourth-order valence-electron chi connectivity index (χ4n) is 3.83. The second-order valence-electron chi connectivity index (χ2n) is 7.93. The van der Waals surface area contributed by atoms with Crippen LogP contribution in [-0.2, 0) is 6.54 Å². The van der Waals surface area contributed by atoms with E-state index in [4.69, 9.17) is 4.74 Å². The van der Waals surface area contributed by atoms with Gasteiger partial charge in [0.25, 0.3) is 0 Å². The molecule has 2 aromatic rings. The van der Waals surface area contributed by atoms with E-state index < -0.39 is 0 Å². The quantitative estimate of drug-likeness (QED) is 0.726. The van der Waals surface area contributed by atoms with Gasteiger partial charge < -0.3 is 20.3 Å². The SMILES string of the molecule is COc1ccc(CNC[C@H]2CC[C@@H](Nc3nccc(N(C)C)n3)CC2)cc1C. The van der Waals surface area contributed by atoms with Crippen molar-refractivity contribution in [2.45, 2.75) is 45.2 Å². The number of ether oxygens (including phenoxy) is 1. The Bertz CT molecular complexity index is 756. The van der Waals surface area contributed by atoms with Crippen molar-refractivity contribution in [2.24, 2.45) is 5.92 Å². The van der Waals surface area contributed by atoms with Crippen LogP contribution in [0.3, 0.4) is 0 Å². The van der Waals surface area contributed by atoms with E-state index in [0.717, 1.165) is 36.5 Å². The van der Waals surface area contributed by atoms with Gasteiger partial charge in [0.2, 0.25) is 5.95 Å². The van der Waals surface area contributed by atoms with Gasteiger partial charge in [0.15, 0.2) is 0 Å². The van der Waals surface area contributed by atoms with Crippen molar-refractivity contribution in [1.29, 1.82) is 0 Å². The highest BCUT2D eigenvalue weighted by atomic mass is 16.5. The Morgan fingerprint density at radius 3 is 2.61 bits per heavy atom. The van der Waals surface area contributed by atoms with E-state index >= 15 is 0 Å². The van der Waals surface area contributed by atoms with E-state index in [-0.39, 0.29) is 0 Å². The fourth-order valence-corrected chi connectivity index (χ4v) is 3.83. The zero-order chi connectivity index (χ0) is 19.9. The summed E-state index contributed by atoms with van der Waals surface area (Å²) < 4.78 is 5.33. The van der Waals surface area contributed by atoms with Gasteiger partial charge in [-0.15, -0.1) is 0 Å². The molecule has 1 aliphatic rings. The second kappa shape index (κ2) is 9.73. The summed E-state index contributed by atoms with van der Waals surface area (Å²) >= 11 is 0. The molecule has 0 atom stereocenters. The summed E-state index contributed by atoms with van der Waals surface area (Å²) in [5, 5.41) is 7.14. The number of anilines is 2. The third kappa shape index (κ3) is 5.58. The third-order valence-corrected chi connectivity index (χ3v) is 5.50. The van der Waals surface area contributed by atoms with Gasteiger partial charge in [0.05, 0.1) is 7.11 Å². The molecule has 1 fully saturated rings. The molecule has 6 nitrogen and oxygen atoms in total. The fraction of sp³-hybridized carbons (Fsp3) is 0.545. The minimum absolute atomic E-state index is 0.470. The lowest BCUT2D eigenvalue weighted by Gasteiger charge is -2.29. The third-order valence-electron chi connectivity index (χ3n) is 5.50. The molecule has 0 bridgehead atoms. The molecule has 28 heavy (non-hydrogen) atoms. The Kier molecular flexibility index (Phi) is 7.09. The first-order valence-electron chi connectivity index (χ1n) is 10.2. The molecule has 1 saturated carbocycles. The summed E-state index contributed by atoms with van der Waals surface area (Å²) in [4.78, 5) is 10.9. The van der Waals surface area contributed by atoms with E-state index in [1.165, 1.54) is 36.8 Å². The van der Waals surface area contributed by atoms with Crippen LogP contribution in [0.2, 0.25) is 0 Å². The smallest absolute Gasteiger partial charge is 0.224 e. The highest BCUT2D eigenvalue weighted by molar-refractivity contribution is 5.41. The maximum absolute atomic E-state index is 5.33. The Labute approximate surface area is 168 Å². The molecule has 2 N–H and O–H groups in total. The molecule has 0 aliphatic heterocycles. The van der Waals surface area contributed by atoms with Gasteiger partial charge in [-0.25, -0.2) is 4.98 Å². The highest BCUT2D eigenvalue weighted by Gasteiger charge is 2.21. The van der Waals surface area contributed by atoms with Crippen LogP contribution >= 0.6 is 0 Å². The largest absolute Gasteiger partial charge is 0.496 e. The van der Waals surface area contributed by atoms with Crippen molar-refractivity contribution >= 4 is 11.8 Å². The van der Waals surface area contributed by atoms with Crippen LogP contribution in [0.25, 0.3) is 0 Å². The van der Waals surface area contributed by atoms with Gasteiger partial charge in [0, 0.05) is 32.9 Å². The van der Waals surface area contributed by atoms with Gasteiger partial charge in [-0.1, -0.05) is 12.1 Å². The summed E-state index contributed by atoms with van der Waals surface area (Å²) in [5.41, 5.74) is 2.50. The Morgan fingerprint density at radius 2 is 1.93 bits per heavy atom. The summed E-state index contributed by atoms with van der Waals surface area (Å²) in [6, 6.07) is 8.79. The molecule has 1 aromatic heterocycles. The average molecular weight is 384 g/mol. The minimum Gasteiger partial charge on any atom is -0.496 e. The maximum Gasteiger partial charge on any atom is 0.224 e. The van der Waals surface area contributed by atoms with Crippen LogP contribution in [0, 0.1) is 12.8 Å². The Balaban J connectivity index is 1.39. The lowest BCUT2D eigenvalue weighted by molar-refractivity contribution is 0.323. The van der Waals surface area contributed by atoms with Crippen LogP contribution in [-0.4, -0.2) is 43.8 Å². The van der Waals surface area contributed by atoms with Crippen molar-refractivity contribution in [2.75, 3.05) is 38.0 Å². The molecule has 3 rings (SSSR count). The molecule has 152 valence electrons. The van der Waals surface area contributed by atoms with Crippen molar-refractivity contribution in [3.63, 3.8) is 0 Å². The number of aryl methyl sites for hydroxylation is 1. The topological polar surface area (TPSA) is 62.3 Å². The lowest BCUT2D eigenvalue weighted by Crippen LogP contribution is -2.31. The van der Waals surface area contributed by atoms with Crippen molar-refractivity contribution < 1.29 is 4.74 Å². The zero-order valence-electron chi connectivity index (χ0n) is 17.5. The van der Waals surface area contributed by atoms with Crippen LogP contribution in [0.15, 0.2) is 30.5 Å². The molecule has 0 radical (unpaired) electrons. The Hall–Kier alpha value is -2.34. The van der Waals surface area contributed by atoms with Crippen LogP contribution in [0.4, 0.5) is 11.8 Å². The molecule has 1 aromatic carbocycles. The summed E-state index contributed by atoms with van der Waals surface area (Å²) in [6.45, 7) is 4.08. The number of rotatable bonds is 8. The van der Waals surface area contributed by atoms with Gasteiger partial charge in [-0.3, -0.25) is 0 Å². The molecular formula is C22H33N5O. The molecular weight excluding hydrogens is 350 g/mol. The van der Waals surface area contributed by atoms with E-state index in [9.17, 15) is 0 Å². The Morgan fingerprint density at radius 1 is 1.14 bits per heavy atom. The summed E-state index contributed by atoms with van der Waals surface area (Å²) in [6.07, 6.45) is 6.63. The van der Waals surface area contributed by atoms with Gasteiger partial charge in [-0.2, -0.15) is 4.98 Å². The van der Waals surface area contributed by atoms with Gasteiger partial charge in [0.1, 0.15) is 11.6 Å². The highest BCUT2D eigenvalue weighted by Crippen LogP contribution is 2.26. The number of hydrogen-bond acceptors (Lipinski definition) is 6. The van der Waals surface area contributed by atoms with Crippen molar-refractivity contribution in [3.8, 4) is 5.75 Å². The lowest BCUT2D eigenvalue weighted by atomic mass is 9.86. The number of methoxy groups -OCH3 is 1. The molecule has 1 aliphatic carbocycles. The number of nitrogens with zero attached hydrogens (tertiary/aromatic N) is 3. The second-order valence-corrected chi connectivity index (χ2v) is 7.93. The monoisotopic (exact) mass is 383 g/mol. The van der Waals surface area contributed by atoms with Crippen molar-refractivity contribution in [1.82, 2.24) is 15.3 Å². The van der Waals surface area contributed by atoms with Crippen molar-refractivity contribution in [3.05, 3.63) is 41.6 Å². The number of benzene rings is 1. The zero-order valence-corrected chi connectivity index (χ0v) is 17.5. The minimum atomic E-state index is 0.470. The normalized spacial score (nSPS) is 19.3. The van der Waals surface area contributed by atoms with Gasteiger partial charge in [-0.05, 0) is 68.3 Å². The van der Waals surface area contributed by atoms with E-state index in [1.807, 2.05) is 31.3 Å². The van der Waals surface area contributed by atoms with Crippen LogP contribution in [0.5, 0.6) is 5.75 Å². The molecule has 0 amide bonds. The van der Waals surface area contributed by atoms with Gasteiger partial charge >= 0.3 is 0 Å². The first kappa shape index (κ1) is 20.4.